The summed E-state index contributed by atoms with van der Waals surface area (Å²) in [6.45, 7) is 0. The zero-order chi connectivity index (χ0) is 6.57. The van der Waals surface area contributed by atoms with Crippen LogP contribution < -0.4 is 114 Å². The second-order valence-electron chi connectivity index (χ2n) is 0.825. The van der Waals surface area contributed by atoms with Gasteiger partial charge < -0.3 is 60.5 Å². The number of thiocarbonyl (C=S) groups is 2. The molecule has 0 saturated carbocycles. The average Bonchev–Trinajstić information content (AvgIpc) is 1.61. The first-order valence-corrected chi connectivity index (χ1v) is 3.20. The molecule has 10 heavy (non-hydrogen) atoms. The topological polar surface area (TPSA) is 24.1 Å². The van der Waals surface area contributed by atoms with Crippen LogP contribution in [0.4, 0.5) is 0 Å². The number of rotatable bonds is 0. The molecule has 46 valence electrons. The average molecular weight is 261 g/mol. The summed E-state index contributed by atoms with van der Waals surface area (Å²) in [6, 6.07) is 0. The van der Waals surface area contributed by atoms with E-state index >= 15 is 0 Å². The van der Waals surface area contributed by atoms with Gasteiger partial charge in [0, 0.05) is 0 Å². The van der Waals surface area contributed by atoms with E-state index in [2.05, 4.69) is 60.5 Å². The van der Waals surface area contributed by atoms with Gasteiger partial charge in [-0.15, -0.1) is 0 Å². The molecule has 2 nitrogen and oxygen atoms in total. The fourth-order valence-electron chi connectivity index (χ4n) is 0.102. The van der Waals surface area contributed by atoms with Crippen LogP contribution in [0.25, 0.3) is 0 Å². The fourth-order valence-corrected chi connectivity index (χ4v) is 0.306. The van der Waals surface area contributed by atoms with E-state index in [1.807, 2.05) is 0 Å². The first-order chi connectivity index (χ1) is 3.63. The maximum Gasteiger partial charge on any atom is 1.00 e. The van der Waals surface area contributed by atoms with Crippen molar-refractivity contribution in [1.29, 1.82) is 0 Å². The van der Waals surface area contributed by atoms with E-state index in [1.165, 1.54) is 0 Å². The summed E-state index contributed by atoms with van der Waals surface area (Å²) >= 11 is 17.8. The molecule has 0 amide bonds. The largest absolute Gasteiger partial charge is 1.00 e. The van der Waals surface area contributed by atoms with Gasteiger partial charge in [-0.05, 0) is 8.64 Å². The van der Waals surface area contributed by atoms with Crippen LogP contribution in [0.15, 0.2) is 0 Å². The molecule has 0 aliphatic rings. The monoisotopic (exact) mass is 260 g/mol. The second kappa shape index (κ2) is 12.5. The standard InChI is InChI=1S/C2H4N2S4.2K/c5-1(6)3-4-2(7)8;;/h(H2,3,5,6)(H2,4,7,8);;/q;2*+1/p-2. The Morgan fingerprint density at radius 3 is 1.20 bits per heavy atom. The Morgan fingerprint density at radius 1 is 0.900 bits per heavy atom. The third-order valence-electron chi connectivity index (χ3n) is 0.267. The van der Waals surface area contributed by atoms with Crippen LogP contribution >= 0.6 is 24.4 Å². The number of nitrogens with one attached hydrogen (secondary N) is 2. The van der Waals surface area contributed by atoms with E-state index in [-0.39, 0.29) is 111 Å². The second-order valence-corrected chi connectivity index (χ2v) is 2.97. The van der Waals surface area contributed by atoms with E-state index in [9.17, 15) is 0 Å². The third kappa shape index (κ3) is 17.5. The van der Waals surface area contributed by atoms with E-state index < -0.39 is 0 Å². The van der Waals surface area contributed by atoms with Crippen LogP contribution in [-0.4, -0.2) is 8.64 Å². The molecule has 0 heterocycles. The maximum atomic E-state index is 4.45. The molecular weight excluding hydrogens is 259 g/mol. The number of hydrogen-bond acceptors (Lipinski definition) is 4. The van der Waals surface area contributed by atoms with Crippen molar-refractivity contribution in [3.8, 4) is 0 Å². The minimum Gasteiger partial charge on any atom is -0.410 e. The van der Waals surface area contributed by atoms with Gasteiger partial charge in [-0.3, -0.25) is 0 Å². The molecule has 0 unspecified atom stereocenters. The molecule has 0 radical (unpaired) electrons. The number of hydrazine groups is 1. The van der Waals surface area contributed by atoms with Crippen molar-refractivity contribution in [2.24, 2.45) is 0 Å². The van der Waals surface area contributed by atoms with Gasteiger partial charge in [-0.2, -0.15) is 0 Å². The molecule has 2 N–H and O–H groups in total. The Kier molecular flexibility index (Phi) is 23.9. The molecule has 0 rings (SSSR count). The summed E-state index contributed by atoms with van der Waals surface area (Å²) in [5, 5.41) is 0. The molecule has 0 saturated heterocycles. The minimum absolute atomic E-state index is 0. The minimum atomic E-state index is 0. The molecule has 8 heteroatoms. The van der Waals surface area contributed by atoms with Gasteiger partial charge >= 0.3 is 103 Å². The fraction of sp³-hybridized carbons (Fsp3) is 0. The first kappa shape index (κ1) is 19.1. The number of hydrogen-bond donors (Lipinski definition) is 2. The molecule has 0 fully saturated rings. The van der Waals surface area contributed by atoms with Crippen LogP contribution in [0.2, 0.25) is 0 Å². The van der Waals surface area contributed by atoms with Gasteiger partial charge in [0.25, 0.3) is 0 Å². The Morgan fingerprint density at radius 2 is 1.10 bits per heavy atom. The van der Waals surface area contributed by atoms with Crippen LogP contribution in [0, 0.1) is 0 Å². The summed E-state index contributed by atoms with van der Waals surface area (Å²) in [4.78, 5) is 0. The summed E-state index contributed by atoms with van der Waals surface area (Å²) in [6.07, 6.45) is 0. The van der Waals surface area contributed by atoms with Crippen LogP contribution in [-0.2, 0) is 25.3 Å². The first-order valence-electron chi connectivity index (χ1n) is 1.57. The van der Waals surface area contributed by atoms with Crippen LogP contribution in [0.3, 0.4) is 0 Å². The summed E-state index contributed by atoms with van der Waals surface area (Å²) < 4.78 is 0.411. The van der Waals surface area contributed by atoms with Crippen molar-refractivity contribution in [3.63, 3.8) is 0 Å². The summed E-state index contributed by atoms with van der Waals surface area (Å²) in [7, 11) is 0. The van der Waals surface area contributed by atoms with Crippen molar-refractivity contribution in [1.82, 2.24) is 10.9 Å². The Hall–Kier alpha value is 3.49. The molecular formula is C2H2K2N2S4. The van der Waals surface area contributed by atoms with Gasteiger partial charge in [-0.1, -0.05) is 0 Å². The van der Waals surface area contributed by atoms with Gasteiger partial charge in [0.15, 0.2) is 0 Å². The molecule has 0 atom stereocenters. The van der Waals surface area contributed by atoms with E-state index in [1.54, 1.807) is 0 Å². The van der Waals surface area contributed by atoms with Crippen molar-refractivity contribution < 1.29 is 103 Å². The van der Waals surface area contributed by atoms with Crippen molar-refractivity contribution in [2.75, 3.05) is 0 Å². The summed E-state index contributed by atoms with van der Waals surface area (Å²) in [5.74, 6) is 0. The molecule has 0 bridgehead atoms. The zero-order valence-corrected chi connectivity index (χ0v) is 15.1. The molecule has 0 aliphatic carbocycles. The third-order valence-corrected chi connectivity index (χ3v) is 0.675. The predicted molar refractivity (Wildman–Crippen MR) is 46.2 cm³/mol. The Labute approximate surface area is 167 Å². The molecule has 0 aromatic rings. The van der Waals surface area contributed by atoms with Crippen molar-refractivity contribution in [2.45, 2.75) is 0 Å². The Balaban J connectivity index is -0.000000245. The van der Waals surface area contributed by atoms with Gasteiger partial charge in [0.1, 0.15) is 0 Å². The van der Waals surface area contributed by atoms with Crippen LogP contribution in [0.1, 0.15) is 0 Å². The van der Waals surface area contributed by atoms with Crippen LogP contribution in [0.5, 0.6) is 0 Å². The quantitative estimate of drug-likeness (QED) is 0.195. The zero-order valence-electron chi connectivity index (χ0n) is 5.63. The van der Waals surface area contributed by atoms with Crippen molar-refractivity contribution >= 4 is 58.3 Å². The smallest absolute Gasteiger partial charge is 0.410 e. The maximum absolute atomic E-state index is 4.45. The molecule has 0 spiro atoms. The molecule has 0 aliphatic heterocycles. The molecule has 0 aromatic heterocycles. The van der Waals surface area contributed by atoms with E-state index in [0.29, 0.717) is 0 Å². The molecule has 0 aromatic carbocycles. The normalized spacial score (nSPS) is 6.00. The van der Waals surface area contributed by atoms with Gasteiger partial charge in [-0.25, -0.2) is 0 Å². The Bertz CT molecular complexity index is 104. The summed E-state index contributed by atoms with van der Waals surface area (Å²) in [5.41, 5.74) is 4.79. The predicted octanol–water partition coefficient (Wildman–Crippen LogP) is -6.25. The van der Waals surface area contributed by atoms with Gasteiger partial charge in [0.2, 0.25) is 0 Å². The van der Waals surface area contributed by atoms with Crippen molar-refractivity contribution in [3.05, 3.63) is 0 Å². The van der Waals surface area contributed by atoms with E-state index in [0.717, 1.165) is 0 Å². The van der Waals surface area contributed by atoms with E-state index in [4.69, 9.17) is 0 Å². The SMILES string of the molecule is S=C([S-])NNC(=S)[S-].[K+].[K+]. The van der Waals surface area contributed by atoms with Gasteiger partial charge in [0.05, 0.1) is 0 Å².